The number of benzene rings is 1. The molecule has 17 heavy (non-hydrogen) atoms. The number of nitrogens with one attached hydrogen (secondary N) is 1. The van der Waals surface area contributed by atoms with Crippen molar-refractivity contribution in [3.05, 3.63) is 51.6 Å². The Kier molecular flexibility index (Phi) is 3.86. The minimum absolute atomic E-state index is 0.391. The van der Waals surface area contributed by atoms with Crippen molar-refractivity contribution in [1.82, 2.24) is 4.98 Å². The highest BCUT2D eigenvalue weighted by Crippen LogP contribution is 2.17. The second-order valence-corrected chi connectivity index (χ2v) is 4.89. The van der Waals surface area contributed by atoms with Crippen molar-refractivity contribution in [3.63, 3.8) is 0 Å². The molecule has 1 aromatic heterocycles. The zero-order valence-corrected chi connectivity index (χ0v) is 11.3. The third-order valence-electron chi connectivity index (χ3n) is 2.18. The molecular weight excluding hydrogens is 302 g/mol. The van der Waals surface area contributed by atoms with Gasteiger partial charge in [-0.15, -0.1) is 0 Å². The minimum atomic E-state index is 0.391. The average molecular weight is 313 g/mol. The maximum atomic E-state index is 5.82. The lowest BCUT2D eigenvalue weighted by molar-refractivity contribution is 1.11. The van der Waals surface area contributed by atoms with Gasteiger partial charge in [-0.2, -0.15) is 0 Å². The Morgan fingerprint density at radius 3 is 2.82 bits per heavy atom. The molecule has 3 N–H and O–H groups in total. The summed E-state index contributed by atoms with van der Waals surface area (Å²) in [5.74, 6) is 0.676. The second-order valence-electron chi connectivity index (χ2n) is 3.59. The van der Waals surface area contributed by atoms with Crippen LogP contribution >= 0.6 is 27.5 Å². The Morgan fingerprint density at radius 2 is 2.12 bits per heavy atom. The van der Waals surface area contributed by atoms with Crippen molar-refractivity contribution < 1.29 is 0 Å². The SMILES string of the molecule is Nc1cc(Cl)nc(NCc2cccc(Br)c2)c1. The molecule has 1 aromatic carbocycles. The number of halogens is 2. The van der Waals surface area contributed by atoms with E-state index in [1.165, 1.54) is 0 Å². The fourth-order valence-corrected chi connectivity index (χ4v) is 2.11. The van der Waals surface area contributed by atoms with Crippen molar-refractivity contribution in [2.24, 2.45) is 0 Å². The van der Waals surface area contributed by atoms with Gasteiger partial charge < -0.3 is 11.1 Å². The van der Waals surface area contributed by atoms with Crippen LogP contribution in [0.1, 0.15) is 5.56 Å². The van der Waals surface area contributed by atoms with E-state index < -0.39 is 0 Å². The van der Waals surface area contributed by atoms with Gasteiger partial charge in [-0.1, -0.05) is 39.7 Å². The molecule has 0 fully saturated rings. The average Bonchev–Trinajstić information content (AvgIpc) is 2.25. The van der Waals surface area contributed by atoms with E-state index in [1.807, 2.05) is 24.3 Å². The van der Waals surface area contributed by atoms with Crippen LogP contribution < -0.4 is 11.1 Å². The van der Waals surface area contributed by atoms with Crippen LogP contribution in [0.15, 0.2) is 40.9 Å². The molecule has 0 saturated heterocycles. The van der Waals surface area contributed by atoms with Crippen molar-refractivity contribution in [3.8, 4) is 0 Å². The van der Waals surface area contributed by atoms with Gasteiger partial charge in [0.25, 0.3) is 0 Å². The summed E-state index contributed by atoms with van der Waals surface area (Å²) in [7, 11) is 0. The summed E-state index contributed by atoms with van der Waals surface area (Å²) < 4.78 is 1.05. The van der Waals surface area contributed by atoms with E-state index in [9.17, 15) is 0 Å². The molecule has 88 valence electrons. The zero-order chi connectivity index (χ0) is 12.3. The fourth-order valence-electron chi connectivity index (χ4n) is 1.45. The maximum absolute atomic E-state index is 5.82. The summed E-state index contributed by atoms with van der Waals surface area (Å²) >= 11 is 9.25. The summed E-state index contributed by atoms with van der Waals surface area (Å²) in [6.07, 6.45) is 0. The number of pyridine rings is 1. The van der Waals surface area contributed by atoms with Crippen molar-refractivity contribution in [2.75, 3.05) is 11.1 Å². The molecule has 0 spiro atoms. The molecule has 0 saturated carbocycles. The molecule has 0 aliphatic carbocycles. The van der Waals surface area contributed by atoms with Crippen LogP contribution in [-0.4, -0.2) is 4.98 Å². The minimum Gasteiger partial charge on any atom is -0.399 e. The maximum Gasteiger partial charge on any atom is 0.133 e. The lowest BCUT2D eigenvalue weighted by Gasteiger charge is -2.07. The van der Waals surface area contributed by atoms with Crippen LogP contribution in [0.2, 0.25) is 5.15 Å². The van der Waals surface area contributed by atoms with E-state index in [4.69, 9.17) is 17.3 Å². The Balaban J connectivity index is 2.07. The third kappa shape index (κ3) is 3.61. The summed E-state index contributed by atoms with van der Waals surface area (Å²) in [5.41, 5.74) is 7.43. The molecule has 3 nitrogen and oxygen atoms in total. The summed E-state index contributed by atoms with van der Waals surface area (Å²) in [5, 5.41) is 3.56. The number of nitrogens with zero attached hydrogens (tertiary/aromatic N) is 1. The van der Waals surface area contributed by atoms with Gasteiger partial charge in [-0.25, -0.2) is 4.98 Å². The van der Waals surface area contributed by atoms with Crippen LogP contribution in [0.5, 0.6) is 0 Å². The molecular formula is C12H11BrClN3. The smallest absolute Gasteiger partial charge is 0.133 e. The lowest BCUT2D eigenvalue weighted by Crippen LogP contribution is -2.02. The Hall–Kier alpha value is -1.26. The van der Waals surface area contributed by atoms with E-state index >= 15 is 0 Å². The molecule has 0 atom stereocenters. The van der Waals surface area contributed by atoms with E-state index in [1.54, 1.807) is 12.1 Å². The molecule has 1 heterocycles. The van der Waals surface area contributed by atoms with Gasteiger partial charge in [0.15, 0.2) is 0 Å². The van der Waals surface area contributed by atoms with Gasteiger partial charge in [0.1, 0.15) is 11.0 Å². The van der Waals surface area contributed by atoms with Gasteiger partial charge in [0.05, 0.1) is 0 Å². The van der Waals surface area contributed by atoms with Gasteiger partial charge in [0, 0.05) is 22.8 Å². The Bertz CT molecular complexity index is 511. The van der Waals surface area contributed by atoms with Gasteiger partial charge in [-0.05, 0) is 23.8 Å². The molecule has 0 aliphatic heterocycles. The molecule has 2 aromatic rings. The zero-order valence-electron chi connectivity index (χ0n) is 8.95. The summed E-state index contributed by atoms with van der Waals surface area (Å²) in [6.45, 7) is 0.673. The van der Waals surface area contributed by atoms with Crippen molar-refractivity contribution in [1.29, 1.82) is 0 Å². The monoisotopic (exact) mass is 311 g/mol. The highest BCUT2D eigenvalue weighted by Gasteiger charge is 1.99. The number of hydrogen-bond acceptors (Lipinski definition) is 3. The largest absolute Gasteiger partial charge is 0.399 e. The Labute approximate surface area is 113 Å². The van der Waals surface area contributed by atoms with E-state index in [2.05, 4.69) is 26.2 Å². The molecule has 5 heteroatoms. The molecule has 2 rings (SSSR count). The van der Waals surface area contributed by atoms with E-state index in [0.29, 0.717) is 23.2 Å². The molecule has 0 aliphatic rings. The topological polar surface area (TPSA) is 50.9 Å². The first kappa shape index (κ1) is 12.2. The van der Waals surface area contributed by atoms with Crippen LogP contribution in [0.25, 0.3) is 0 Å². The van der Waals surface area contributed by atoms with Crippen LogP contribution in [0.4, 0.5) is 11.5 Å². The second kappa shape index (κ2) is 5.38. The van der Waals surface area contributed by atoms with E-state index in [0.717, 1.165) is 10.0 Å². The number of hydrogen-bond donors (Lipinski definition) is 2. The number of nitrogen functional groups attached to an aromatic ring is 1. The molecule has 0 radical (unpaired) electrons. The number of rotatable bonds is 3. The number of aromatic nitrogens is 1. The first-order valence-corrected chi connectivity index (χ1v) is 6.22. The Morgan fingerprint density at radius 1 is 1.29 bits per heavy atom. The van der Waals surface area contributed by atoms with Crippen LogP contribution in [0.3, 0.4) is 0 Å². The number of anilines is 2. The summed E-state index contributed by atoms with van der Waals surface area (Å²) in [6, 6.07) is 11.4. The van der Waals surface area contributed by atoms with E-state index in [-0.39, 0.29) is 0 Å². The highest BCUT2D eigenvalue weighted by molar-refractivity contribution is 9.10. The number of nitrogens with two attached hydrogens (primary N) is 1. The normalized spacial score (nSPS) is 10.2. The first-order chi connectivity index (χ1) is 8.13. The van der Waals surface area contributed by atoms with Crippen LogP contribution in [-0.2, 0) is 6.54 Å². The van der Waals surface area contributed by atoms with Gasteiger partial charge in [0.2, 0.25) is 0 Å². The van der Waals surface area contributed by atoms with Gasteiger partial charge >= 0.3 is 0 Å². The predicted molar refractivity (Wildman–Crippen MR) is 75.1 cm³/mol. The molecule has 0 bridgehead atoms. The lowest BCUT2D eigenvalue weighted by atomic mass is 10.2. The molecule has 0 unspecified atom stereocenters. The van der Waals surface area contributed by atoms with Crippen molar-refractivity contribution in [2.45, 2.75) is 6.54 Å². The van der Waals surface area contributed by atoms with Gasteiger partial charge in [-0.3, -0.25) is 0 Å². The highest BCUT2D eigenvalue weighted by atomic mass is 79.9. The summed E-state index contributed by atoms with van der Waals surface area (Å²) in [4.78, 5) is 4.13. The van der Waals surface area contributed by atoms with Crippen LogP contribution in [0, 0.1) is 0 Å². The van der Waals surface area contributed by atoms with Crippen molar-refractivity contribution >= 4 is 39.0 Å². The quantitative estimate of drug-likeness (QED) is 0.850. The molecule has 0 amide bonds. The fraction of sp³-hybridized carbons (Fsp3) is 0.0833. The predicted octanol–water partition coefficient (Wildman–Crippen LogP) is 3.69. The standard InChI is InChI=1S/C12H11BrClN3/c13-9-3-1-2-8(4-9)7-16-12-6-10(15)5-11(14)17-12/h1-6H,7H2,(H3,15,16,17). The first-order valence-electron chi connectivity index (χ1n) is 5.05. The third-order valence-corrected chi connectivity index (χ3v) is 2.87.